The number of hydrogen-bond acceptors (Lipinski definition) is 5. The molecular formula is C23H20F2IN3O4. The molecule has 0 aromatic heterocycles. The van der Waals surface area contributed by atoms with Gasteiger partial charge in [-0.05, 0) is 72.8 Å². The Hall–Kier alpha value is -3.25. The van der Waals surface area contributed by atoms with E-state index in [4.69, 9.17) is 10.5 Å². The molecule has 0 aliphatic heterocycles. The van der Waals surface area contributed by atoms with Gasteiger partial charge in [-0.2, -0.15) is 0 Å². The first-order chi connectivity index (χ1) is 15.4. The summed E-state index contributed by atoms with van der Waals surface area (Å²) in [7, 11) is 0. The van der Waals surface area contributed by atoms with Crippen LogP contribution in [0.4, 0.5) is 25.8 Å². The van der Waals surface area contributed by atoms with Gasteiger partial charge in [-0.25, -0.2) is 8.78 Å². The summed E-state index contributed by atoms with van der Waals surface area (Å²) >= 11 is 1.95. The maximum Gasteiger partial charge on any atom is 0.255 e. The topological polar surface area (TPSA) is 114 Å². The third-order valence-electron chi connectivity index (χ3n) is 4.39. The van der Waals surface area contributed by atoms with Gasteiger partial charge >= 0.3 is 0 Å². The summed E-state index contributed by atoms with van der Waals surface area (Å²) in [6.07, 6.45) is 0. The van der Waals surface area contributed by atoms with Crippen LogP contribution in [0.3, 0.4) is 0 Å². The van der Waals surface area contributed by atoms with Gasteiger partial charge < -0.3 is 26.2 Å². The van der Waals surface area contributed by atoms with Crippen LogP contribution in [0.1, 0.15) is 24.2 Å². The zero-order valence-corrected chi connectivity index (χ0v) is 19.7. The number of aliphatic hydroxyl groups is 1. The summed E-state index contributed by atoms with van der Waals surface area (Å²) in [5, 5.41) is 15.0. The van der Waals surface area contributed by atoms with E-state index in [1.165, 1.54) is 38.1 Å². The summed E-state index contributed by atoms with van der Waals surface area (Å²) in [4.78, 5) is 24.2. The predicted octanol–water partition coefficient (Wildman–Crippen LogP) is 4.91. The highest BCUT2D eigenvalue weighted by molar-refractivity contribution is 14.1. The Morgan fingerprint density at radius 3 is 2.42 bits per heavy atom. The number of primary amides is 1. The standard InChI is InChI=1S/C23H20F2IN3O4/c1-23(2,32)22(31)28-14-4-3-5-15(11-14)33-19-9-12(24)8-18(20(19)21(27)30)29-17-7-6-13(26)10-16(17)25/h3-11,29,32H,1-2H3,(H2,27,30)(H,28,31). The molecule has 0 radical (unpaired) electrons. The summed E-state index contributed by atoms with van der Waals surface area (Å²) in [5.74, 6) is -2.97. The molecule has 0 heterocycles. The smallest absolute Gasteiger partial charge is 0.255 e. The van der Waals surface area contributed by atoms with E-state index in [2.05, 4.69) is 10.6 Å². The largest absolute Gasteiger partial charge is 0.456 e. The number of rotatable bonds is 7. The van der Waals surface area contributed by atoms with Crippen LogP contribution in [0, 0.1) is 15.2 Å². The lowest BCUT2D eigenvalue weighted by atomic mass is 10.1. The Morgan fingerprint density at radius 1 is 1.06 bits per heavy atom. The molecule has 3 aromatic rings. The second kappa shape index (κ2) is 9.71. The van der Waals surface area contributed by atoms with E-state index in [1.54, 1.807) is 18.2 Å². The van der Waals surface area contributed by atoms with Crippen LogP contribution in [0.5, 0.6) is 11.5 Å². The minimum atomic E-state index is -1.61. The molecule has 7 nitrogen and oxygen atoms in total. The molecule has 10 heteroatoms. The molecule has 0 spiro atoms. The van der Waals surface area contributed by atoms with Gasteiger partial charge in [0, 0.05) is 21.4 Å². The van der Waals surface area contributed by atoms with E-state index in [-0.39, 0.29) is 28.4 Å². The second-order valence-electron chi connectivity index (χ2n) is 7.58. The number of amides is 2. The monoisotopic (exact) mass is 567 g/mol. The number of nitrogens with two attached hydrogens (primary N) is 1. The molecule has 0 aliphatic carbocycles. The maximum absolute atomic E-state index is 14.4. The zero-order chi connectivity index (χ0) is 24.3. The van der Waals surface area contributed by atoms with Gasteiger partial charge in [-0.3, -0.25) is 9.59 Å². The fraction of sp³-hybridized carbons (Fsp3) is 0.130. The number of carbonyl (C=O) groups is 2. The van der Waals surface area contributed by atoms with Crippen molar-refractivity contribution < 1.29 is 28.2 Å². The average Bonchev–Trinajstić information content (AvgIpc) is 2.69. The Bertz CT molecular complexity index is 1230. The van der Waals surface area contributed by atoms with E-state index in [9.17, 15) is 23.5 Å². The van der Waals surface area contributed by atoms with Crippen molar-refractivity contribution in [2.75, 3.05) is 10.6 Å². The molecule has 3 rings (SSSR count). The van der Waals surface area contributed by atoms with Gasteiger partial charge in [-0.15, -0.1) is 0 Å². The van der Waals surface area contributed by atoms with Crippen molar-refractivity contribution >= 4 is 51.5 Å². The molecule has 0 fully saturated rings. The van der Waals surface area contributed by atoms with E-state index in [0.29, 0.717) is 9.26 Å². The molecule has 172 valence electrons. The lowest BCUT2D eigenvalue weighted by Gasteiger charge is -2.18. The molecule has 0 atom stereocenters. The first-order valence-corrected chi connectivity index (χ1v) is 10.7. The molecule has 0 unspecified atom stereocenters. The normalized spacial score (nSPS) is 11.1. The molecule has 3 aromatic carbocycles. The molecule has 0 aliphatic rings. The van der Waals surface area contributed by atoms with Crippen molar-refractivity contribution in [3.05, 3.63) is 75.4 Å². The van der Waals surface area contributed by atoms with Crippen molar-refractivity contribution in [2.45, 2.75) is 19.4 Å². The molecule has 5 N–H and O–H groups in total. The molecule has 33 heavy (non-hydrogen) atoms. The second-order valence-corrected chi connectivity index (χ2v) is 8.83. The van der Waals surface area contributed by atoms with Crippen molar-refractivity contribution in [3.8, 4) is 11.5 Å². The summed E-state index contributed by atoms with van der Waals surface area (Å²) < 4.78 is 35.0. The molecule has 0 saturated heterocycles. The Kier molecular flexibility index (Phi) is 7.18. The van der Waals surface area contributed by atoms with Crippen LogP contribution in [0.15, 0.2) is 54.6 Å². The molecular weight excluding hydrogens is 547 g/mol. The van der Waals surface area contributed by atoms with Crippen molar-refractivity contribution in [3.63, 3.8) is 0 Å². The predicted molar refractivity (Wildman–Crippen MR) is 129 cm³/mol. The number of nitrogens with one attached hydrogen (secondary N) is 2. The fourth-order valence-electron chi connectivity index (χ4n) is 2.80. The number of benzene rings is 3. The van der Waals surface area contributed by atoms with Crippen molar-refractivity contribution in [1.82, 2.24) is 0 Å². The lowest BCUT2D eigenvalue weighted by Crippen LogP contribution is -2.36. The highest BCUT2D eigenvalue weighted by atomic mass is 127. The first-order valence-electron chi connectivity index (χ1n) is 9.61. The van der Waals surface area contributed by atoms with Crippen LogP contribution in [-0.4, -0.2) is 22.5 Å². The van der Waals surface area contributed by atoms with E-state index < -0.39 is 29.0 Å². The number of halogens is 3. The maximum atomic E-state index is 14.4. The summed E-state index contributed by atoms with van der Waals surface area (Å²) in [5.41, 5.74) is 3.96. The van der Waals surface area contributed by atoms with Crippen LogP contribution in [0.25, 0.3) is 0 Å². The van der Waals surface area contributed by atoms with Gasteiger partial charge in [0.1, 0.15) is 34.3 Å². The Labute approximate surface area is 202 Å². The highest BCUT2D eigenvalue weighted by Gasteiger charge is 2.24. The lowest BCUT2D eigenvalue weighted by molar-refractivity contribution is -0.130. The quantitative estimate of drug-likeness (QED) is 0.303. The molecule has 0 bridgehead atoms. The van der Waals surface area contributed by atoms with E-state index >= 15 is 0 Å². The SMILES string of the molecule is CC(C)(O)C(=O)Nc1cccc(Oc2cc(F)cc(Nc3ccc(I)cc3F)c2C(N)=O)c1. The van der Waals surface area contributed by atoms with Crippen LogP contribution in [-0.2, 0) is 4.79 Å². The van der Waals surface area contributed by atoms with Gasteiger partial charge in [0.25, 0.3) is 11.8 Å². The zero-order valence-electron chi connectivity index (χ0n) is 17.6. The van der Waals surface area contributed by atoms with Gasteiger partial charge in [-0.1, -0.05) is 6.07 Å². The first kappa shape index (κ1) is 24.4. The third kappa shape index (κ3) is 6.17. The van der Waals surface area contributed by atoms with Gasteiger partial charge in [0.05, 0.1) is 11.4 Å². The minimum absolute atomic E-state index is 0.0193. The van der Waals surface area contributed by atoms with E-state index in [1.807, 2.05) is 22.6 Å². The fourth-order valence-corrected chi connectivity index (χ4v) is 3.25. The van der Waals surface area contributed by atoms with Crippen LogP contribution < -0.4 is 21.1 Å². The van der Waals surface area contributed by atoms with Crippen LogP contribution in [0.2, 0.25) is 0 Å². The summed E-state index contributed by atoms with van der Waals surface area (Å²) in [6, 6.07) is 12.4. The number of carbonyl (C=O) groups excluding carboxylic acids is 2. The highest BCUT2D eigenvalue weighted by Crippen LogP contribution is 2.35. The average molecular weight is 567 g/mol. The number of hydrogen-bond donors (Lipinski definition) is 4. The summed E-state index contributed by atoms with van der Waals surface area (Å²) in [6.45, 7) is 2.67. The number of anilines is 3. The number of ether oxygens (including phenoxy) is 1. The van der Waals surface area contributed by atoms with Gasteiger partial charge in [0.15, 0.2) is 0 Å². The van der Waals surface area contributed by atoms with Gasteiger partial charge in [0.2, 0.25) is 0 Å². The molecule has 0 saturated carbocycles. The third-order valence-corrected chi connectivity index (χ3v) is 5.06. The molecule has 2 amide bonds. The van der Waals surface area contributed by atoms with Crippen molar-refractivity contribution in [1.29, 1.82) is 0 Å². The Morgan fingerprint density at radius 2 is 1.79 bits per heavy atom. The van der Waals surface area contributed by atoms with Crippen LogP contribution >= 0.6 is 22.6 Å². The van der Waals surface area contributed by atoms with Crippen molar-refractivity contribution in [2.24, 2.45) is 5.73 Å². The Balaban J connectivity index is 1.96. The minimum Gasteiger partial charge on any atom is -0.456 e. The van der Waals surface area contributed by atoms with E-state index in [0.717, 1.165) is 12.1 Å².